The van der Waals surface area contributed by atoms with Gasteiger partial charge >= 0.3 is 0 Å². The third-order valence-corrected chi connectivity index (χ3v) is 5.05. The fourth-order valence-corrected chi connectivity index (χ4v) is 3.64. The van der Waals surface area contributed by atoms with Crippen molar-refractivity contribution in [2.75, 3.05) is 22.9 Å². The molecule has 0 aromatic carbocycles. The van der Waals surface area contributed by atoms with Gasteiger partial charge < -0.3 is 9.88 Å². The quantitative estimate of drug-likeness (QED) is 0.767. The zero-order valence-electron chi connectivity index (χ0n) is 14.6. The highest BCUT2D eigenvalue weighted by Crippen LogP contribution is 2.26. The lowest BCUT2D eigenvalue weighted by molar-refractivity contribution is 0.0995. The van der Waals surface area contributed by atoms with Gasteiger partial charge in [-0.1, -0.05) is 0 Å². The fraction of sp³-hybridized carbons (Fsp3) is 0.263. The Morgan fingerprint density at radius 2 is 1.93 bits per heavy atom. The Bertz CT molecular complexity index is 1060. The Balaban J connectivity index is 1.40. The number of nitrogens with one attached hydrogen (secondary N) is 1. The number of amides is 1. The molecule has 1 saturated heterocycles. The lowest BCUT2D eigenvalue weighted by Crippen LogP contribution is -2.25. The Labute approximate surface area is 155 Å². The minimum Gasteiger partial charge on any atom is -0.357 e. The summed E-state index contributed by atoms with van der Waals surface area (Å²) in [5, 5.41) is 4.55. The molecule has 2 aliphatic heterocycles. The molecule has 0 atom stereocenters. The topological polar surface area (TPSA) is 87.1 Å². The molecule has 1 fully saturated rings. The number of aromatic amines is 1. The standard InChI is InChI=1S/C19H18N6O2/c26-14-5-6-20-18(9-14)24-12-16-15(19(24)27)11-25(22-16)13-3-4-17(21-10-13)23-7-1-2-8-23/h3-6,9-11H,1-2,7-8,12H2,(H,20,26). The van der Waals surface area contributed by atoms with Crippen molar-refractivity contribution in [2.45, 2.75) is 19.4 Å². The van der Waals surface area contributed by atoms with Crippen molar-refractivity contribution in [3.05, 3.63) is 64.3 Å². The van der Waals surface area contributed by atoms with Crippen LogP contribution in [0.5, 0.6) is 0 Å². The van der Waals surface area contributed by atoms with Gasteiger partial charge in [-0.2, -0.15) is 5.10 Å². The van der Waals surface area contributed by atoms with Crippen LogP contribution in [0.1, 0.15) is 28.9 Å². The summed E-state index contributed by atoms with van der Waals surface area (Å²) in [6, 6.07) is 6.80. The first kappa shape index (κ1) is 15.8. The van der Waals surface area contributed by atoms with Crippen molar-refractivity contribution in [1.82, 2.24) is 19.7 Å². The first-order valence-electron chi connectivity index (χ1n) is 8.99. The highest BCUT2D eigenvalue weighted by molar-refractivity contribution is 6.09. The molecular formula is C19H18N6O2. The smallest absolute Gasteiger partial charge is 0.263 e. The minimum atomic E-state index is -0.167. The highest BCUT2D eigenvalue weighted by Gasteiger charge is 2.32. The number of nitrogens with zero attached hydrogens (tertiary/aromatic N) is 5. The number of aromatic nitrogens is 4. The Kier molecular flexibility index (Phi) is 3.56. The number of anilines is 2. The monoisotopic (exact) mass is 362 g/mol. The van der Waals surface area contributed by atoms with Crippen molar-refractivity contribution in [3.63, 3.8) is 0 Å². The van der Waals surface area contributed by atoms with Crippen LogP contribution in [0.2, 0.25) is 0 Å². The maximum atomic E-state index is 12.7. The van der Waals surface area contributed by atoms with Crippen LogP contribution < -0.4 is 15.2 Å². The Hall–Kier alpha value is -3.42. The summed E-state index contributed by atoms with van der Waals surface area (Å²) in [6.07, 6.45) is 7.47. The average Bonchev–Trinajstić information content (AvgIpc) is 3.40. The van der Waals surface area contributed by atoms with E-state index in [1.54, 1.807) is 17.1 Å². The van der Waals surface area contributed by atoms with Gasteiger partial charge in [0, 0.05) is 37.6 Å². The normalized spacial score (nSPS) is 16.2. The molecule has 0 unspecified atom stereocenters. The third kappa shape index (κ3) is 2.69. The van der Waals surface area contributed by atoms with Crippen LogP contribution in [-0.4, -0.2) is 38.7 Å². The number of pyridine rings is 2. The lowest BCUT2D eigenvalue weighted by Gasteiger charge is -2.16. The van der Waals surface area contributed by atoms with Gasteiger partial charge in [-0.25, -0.2) is 9.67 Å². The van der Waals surface area contributed by atoms with Crippen molar-refractivity contribution in [2.24, 2.45) is 0 Å². The second kappa shape index (κ2) is 6.08. The number of rotatable bonds is 3. The minimum absolute atomic E-state index is 0.143. The maximum Gasteiger partial charge on any atom is 0.263 e. The molecule has 27 heavy (non-hydrogen) atoms. The highest BCUT2D eigenvalue weighted by atomic mass is 16.2. The summed E-state index contributed by atoms with van der Waals surface area (Å²) >= 11 is 0. The van der Waals surface area contributed by atoms with Crippen LogP contribution in [0.15, 0.2) is 47.7 Å². The average molecular weight is 362 g/mol. The first-order valence-corrected chi connectivity index (χ1v) is 8.99. The van der Waals surface area contributed by atoms with Crippen LogP contribution in [0.25, 0.3) is 5.69 Å². The molecule has 5 heterocycles. The summed E-state index contributed by atoms with van der Waals surface area (Å²) in [7, 11) is 0. The van der Waals surface area contributed by atoms with Gasteiger partial charge in [0.05, 0.1) is 29.7 Å². The number of hydrogen-bond acceptors (Lipinski definition) is 5. The predicted octanol–water partition coefficient (Wildman–Crippen LogP) is 1.72. The lowest BCUT2D eigenvalue weighted by atomic mass is 10.3. The SMILES string of the molecule is O=C1c2cn(-c3ccc(N4CCCC4)nc3)nc2CN1c1cc(=O)cc[nH]1. The van der Waals surface area contributed by atoms with Crippen LogP contribution in [0.4, 0.5) is 11.6 Å². The molecule has 0 bridgehead atoms. The predicted molar refractivity (Wildman–Crippen MR) is 100 cm³/mol. The van der Waals surface area contributed by atoms with Crippen LogP contribution >= 0.6 is 0 Å². The van der Waals surface area contributed by atoms with Crippen molar-refractivity contribution in [1.29, 1.82) is 0 Å². The van der Waals surface area contributed by atoms with Gasteiger partial charge in [0.25, 0.3) is 5.91 Å². The van der Waals surface area contributed by atoms with Crippen LogP contribution in [0.3, 0.4) is 0 Å². The molecule has 8 nitrogen and oxygen atoms in total. The van der Waals surface area contributed by atoms with Crippen LogP contribution in [0, 0.1) is 0 Å². The molecule has 136 valence electrons. The second-order valence-corrected chi connectivity index (χ2v) is 6.80. The van der Waals surface area contributed by atoms with Crippen molar-refractivity contribution in [3.8, 4) is 5.69 Å². The summed E-state index contributed by atoms with van der Waals surface area (Å²) in [5.41, 5.74) is 1.91. The van der Waals surface area contributed by atoms with E-state index in [2.05, 4.69) is 20.0 Å². The zero-order chi connectivity index (χ0) is 18.4. The Morgan fingerprint density at radius 3 is 2.63 bits per heavy atom. The summed E-state index contributed by atoms with van der Waals surface area (Å²) in [5.74, 6) is 1.29. The van der Waals surface area contributed by atoms with Crippen molar-refractivity contribution < 1.29 is 4.79 Å². The number of hydrogen-bond donors (Lipinski definition) is 1. The van der Waals surface area contributed by atoms with E-state index in [1.807, 2.05) is 12.1 Å². The largest absolute Gasteiger partial charge is 0.357 e. The zero-order valence-corrected chi connectivity index (χ0v) is 14.6. The number of H-pyrrole nitrogens is 1. The fourth-order valence-electron chi connectivity index (χ4n) is 3.64. The molecule has 2 aliphatic rings. The van der Waals surface area contributed by atoms with E-state index in [-0.39, 0.29) is 11.3 Å². The Morgan fingerprint density at radius 1 is 1.07 bits per heavy atom. The van der Waals surface area contributed by atoms with E-state index >= 15 is 0 Å². The van der Waals surface area contributed by atoms with E-state index < -0.39 is 0 Å². The number of carbonyl (C=O) groups excluding carboxylic acids is 1. The summed E-state index contributed by atoms with van der Waals surface area (Å²) in [6.45, 7) is 2.43. The van der Waals surface area contributed by atoms with Gasteiger partial charge in [-0.05, 0) is 25.0 Å². The molecule has 5 rings (SSSR count). The van der Waals surface area contributed by atoms with E-state index in [9.17, 15) is 9.59 Å². The molecule has 0 radical (unpaired) electrons. The molecule has 1 N–H and O–H groups in total. The molecule has 1 amide bonds. The van der Waals surface area contributed by atoms with Crippen LogP contribution in [-0.2, 0) is 6.54 Å². The van der Waals surface area contributed by atoms with Gasteiger partial charge in [0.15, 0.2) is 5.43 Å². The third-order valence-electron chi connectivity index (χ3n) is 5.05. The maximum absolute atomic E-state index is 12.7. The number of carbonyl (C=O) groups is 1. The van der Waals surface area contributed by atoms with E-state index in [4.69, 9.17) is 0 Å². The molecule has 8 heteroatoms. The van der Waals surface area contributed by atoms with E-state index in [0.29, 0.717) is 23.6 Å². The van der Waals surface area contributed by atoms with Gasteiger partial charge in [-0.3, -0.25) is 14.5 Å². The van der Waals surface area contributed by atoms with Crippen molar-refractivity contribution >= 4 is 17.5 Å². The number of fused-ring (bicyclic) bond motifs is 1. The molecule has 0 spiro atoms. The van der Waals surface area contributed by atoms with E-state index in [1.165, 1.54) is 36.1 Å². The van der Waals surface area contributed by atoms with Gasteiger partial charge in [0.2, 0.25) is 0 Å². The first-order chi connectivity index (χ1) is 13.2. The molecule has 3 aromatic rings. The molecule has 0 aliphatic carbocycles. The second-order valence-electron chi connectivity index (χ2n) is 6.80. The van der Waals surface area contributed by atoms with Gasteiger partial charge in [-0.15, -0.1) is 0 Å². The molecule has 0 saturated carbocycles. The van der Waals surface area contributed by atoms with Gasteiger partial charge in [0.1, 0.15) is 11.6 Å². The molecular weight excluding hydrogens is 344 g/mol. The molecule has 3 aromatic heterocycles. The summed E-state index contributed by atoms with van der Waals surface area (Å²) < 4.78 is 1.69. The van der Waals surface area contributed by atoms with E-state index in [0.717, 1.165) is 24.6 Å². The summed E-state index contributed by atoms with van der Waals surface area (Å²) in [4.78, 5) is 35.5.